The molecule has 0 aromatic heterocycles. The van der Waals surface area contributed by atoms with Gasteiger partial charge in [0.1, 0.15) is 12.4 Å². The van der Waals surface area contributed by atoms with Crippen LogP contribution in [0.2, 0.25) is 0 Å². The van der Waals surface area contributed by atoms with E-state index in [9.17, 15) is 4.79 Å². The minimum atomic E-state index is -0.990. The molecule has 0 radical (unpaired) electrons. The molecule has 0 heterocycles. The highest BCUT2D eigenvalue weighted by Crippen LogP contribution is 2.36. The zero-order valence-corrected chi connectivity index (χ0v) is 16.7. The van der Waals surface area contributed by atoms with Gasteiger partial charge in [-0.15, -0.1) is 0 Å². The van der Waals surface area contributed by atoms with Crippen molar-refractivity contribution >= 4 is 12.2 Å². The Bertz CT molecular complexity index is 784. The smallest absolute Gasteiger partial charge is 0.341 e. The van der Waals surface area contributed by atoms with E-state index in [-0.39, 0.29) is 6.61 Å². The van der Waals surface area contributed by atoms with Gasteiger partial charge in [-0.25, -0.2) is 4.79 Å². The van der Waals surface area contributed by atoms with E-state index in [4.69, 9.17) is 14.7 Å². The van der Waals surface area contributed by atoms with Crippen LogP contribution in [-0.4, -0.2) is 30.5 Å². The summed E-state index contributed by atoms with van der Waals surface area (Å²) in [5, 5.41) is 12.9. The minimum absolute atomic E-state index is 0.345. The first-order valence-corrected chi connectivity index (χ1v) is 10.3. The number of rotatable bonds is 10. The summed E-state index contributed by atoms with van der Waals surface area (Å²) >= 11 is 0. The van der Waals surface area contributed by atoms with Gasteiger partial charge in [-0.2, -0.15) is 0 Å². The molecule has 3 rings (SSSR count). The van der Waals surface area contributed by atoms with Gasteiger partial charge in [0, 0.05) is 18.6 Å². The highest BCUT2D eigenvalue weighted by Gasteiger charge is 2.25. The van der Waals surface area contributed by atoms with Crippen LogP contribution in [0.4, 0.5) is 0 Å². The summed E-state index contributed by atoms with van der Waals surface area (Å²) in [6, 6.07) is 18.0. The number of carboxylic acids is 1. The lowest BCUT2D eigenvalue weighted by molar-refractivity contribution is -0.139. The van der Waals surface area contributed by atoms with Crippen molar-refractivity contribution in [1.29, 1.82) is 0 Å². The summed E-state index contributed by atoms with van der Waals surface area (Å²) in [5.74, 6) is 0.586. The molecule has 1 aliphatic rings. The molecule has 0 saturated heterocycles. The van der Waals surface area contributed by atoms with E-state index in [0.29, 0.717) is 30.6 Å². The molecule has 1 saturated carbocycles. The molecule has 2 aromatic rings. The van der Waals surface area contributed by atoms with E-state index < -0.39 is 5.97 Å². The minimum Gasteiger partial charge on any atom is -0.482 e. The lowest BCUT2D eigenvalue weighted by atomic mass is 9.77. The van der Waals surface area contributed by atoms with Crippen molar-refractivity contribution in [2.45, 2.75) is 44.4 Å². The van der Waals surface area contributed by atoms with Crippen molar-refractivity contribution in [2.75, 3.05) is 13.2 Å². The molecule has 1 aliphatic carbocycles. The van der Waals surface area contributed by atoms with Crippen molar-refractivity contribution in [3.63, 3.8) is 0 Å². The van der Waals surface area contributed by atoms with Crippen molar-refractivity contribution in [3.05, 3.63) is 65.7 Å². The normalized spacial score (nSPS) is 15.9. The molecule has 1 atom stereocenters. The lowest BCUT2D eigenvalue weighted by Gasteiger charge is -2.29. The topological polar surface area (TPSA) is 68.1 Å². The van der Waals surface area contributed by atoms with Crippen LogP contribution in [0.5, 0.6) is 5.75 Å². The maximum atomic E-state index is 10.6. The number of hydrogen-bond donors (Lipinski definition) is 1. The number of oxime groups is 1. The number of nitrogens with zero attached hydrogens (tertiary/aromatic N) is 1. The third-order valence-corrected chi connectivity index (χ3v) is 5.44. The predicted molar refractivity (Wildman–Crippen MR) is 113 cm³/mol. The average molecular weight is 395 g/mol. The standard InChI is InChI=1S/C24H29NO4/c26-24(27)18-28-22-13-7-8-19(16-22)14-15-25-29-17-23(20-9-3-1-4-10-20)21-11-5-2-6-12-21/h1,3-4,7-10,13,15-16,21,23H,2,5-6,11-12,14,17-18H2,(H,26,27)/b25-15+. The van der Waals surface area contributed by atoms with Crippen molar-refractivity contribution < 1.29 is 19.5 Å². The molecule has 0 amide bonds. The van der Waals surface area contributed by atoms with Gasteiger partial charge < -0.3 is 14.7 Å². The van der Waals surface area contributed by atoms with E-state index in [1.54, 1.807) is 12.3 Å². The zero-order valence-electron chi connectivity index (χ0n) is 16.7. The van der Waals surface area contributed by atoms with Crippen molar-refractivity contribution in [2.24, 2.45) is 11.1 Å². The Balaban J connectivity index is 1.52. The average Bonchev–Trinajstić information content (AvgIpc) is 2.76. The second-order valence-electron chi connectivity index (χ2n) is 7.53. The van der Waals surface area contributed by atoms with Gasteiger partial charge in [0.05, 0.1) is 0 Å². The summed E-state index contributed by atoms with van der Waals surface area (Å²) < 4.78 is 5.21. The van der Waals surface area contributed by atoms with Crippen LogP contribution in [0.3, 0.4) is 0 Å². The van der Waals surface area contributed by atoms with Gasteiger partial charge in [-0.1, -0.05) is 66.9 Å². The summed E-state index contributed by atoms with van der Waals surface area (Å²) in [5.41, 5.74) is 2.32. The fourth-order valence-electron chi connectivity index (χ4n) is 3.97. The first kappa shape index (κ1) is 20.9. The number of carboxylic acid groups (broad SMARTS) is 1. The van der Waals surface area contributed by atoms with Crippen molar-refractivity contribution in [3.8, 4) is 5.75 Å². The number of aliphatic carboxylic acids is 1. The summed E-state index contributed by atoms with van der Waals surface area (Å²) in [6.07, 6.45) is 8.82. The SMILES string of the molecule is O=C(O)COc1cccc(C/C=N/OCC(c2ccccc2)C2CCCCC2)c1. The quantitative estimate of drug-likeness (QED) is 0.451. The second-order valence-corrected chi connectivity index (χ2v) is 7.53. The molecule has 1 N–H and O–H groups in total. The third-order valence-electron chi connectivity index (χ3n) is 5.44. The summed E-state index contributed by atoms with van der Waals surface area (Å²) in [6.45, 7) is 0.246. The van der Waals surface area contributed by atoms with Crippen LogP contribution < -0.4 is 4.74 Å². The largest absolute Gasteiger partial charge is 0.482 e. The monoisotopic (exact) mass is 395 g/mol. The second kappa shape index (κ2) is 11.2. The molecule has 154 valence electrons. The molecule has 5 heteroatoms. The van der Waals surface area contributed by atoms with Crippen LogP contribution in [-0.2, 0) is 16.1 Å². The maximum Gasteiger partial charge on any atom is 0.341 e. The van der Waals surface area contributed by atoms with Crippen LogP contribution >= 0.6 is 0 Å². The van der Waals surface area contributed by atoms with Crippen LogP contribution in [0.25, 0.3) is 0 Å². The van der Waals surface area contributed by atoms with Gasteiger partial charge in [0.15, 0.2) is 6.61 Å². The molecule has 0 spiro atoms. The zero-order chi connectivity index (χ0) is 20.3. The van der Waals surface area contributed by atoms with Gasteiger partial charge in [0.2, 0.25) is 0 Å². The Labute approximate surface area is 172 Å². The van der Waals surface area contributed by atoms with Gasteiger partial charge in [-0.3, -0.25) is 0 Å². The maximum absolute atomic E-state index is 10.6. The highest BCUT2D eigenvalue weighted by molar-refractivity contribution is 5.68. The molecule has 29 heavy (non-hydrogen) atoms. The lowest BCUT2D eigenvalue weighted by Crippen LogP contribution is -2.20. The number of hydrogen-bond acceptors (Lipinski definition) is 4. The Kier molecular flexibility index (Phi) is 8.11. The van der Waals surface area contributed by atoms with E-state index in [1.165, 1.54) is 37.7 Å². The molecule has 2 aromatic carbocycles. The van der Waals surface area contributed by atoms with Crippen LogP contribution in [0.15, 0.2) is 59.8 Å². The number of benzene rings is 2. The Morgan fingerprint density at radius 1 is 1.10 bits per heavy atom. The fraction of sp³-hybridized carbons (Fsp3) is 0.417. The molecule has 5 nitrogen and oxygen atoms in total. The van der Waals surface area contributed by atoms with E-state index in [0.717, 1.165) is 5.56 Å². The molecule has 0 bridgehead atoms. The molecule has 0 aliphatic heterocycles. The molecule has 1 unspecified atom stereocenters. The summed E-state index contributed by atoms with van der Waals surface area (Å²) in [4.78, 5) is 16.3. The Morgan fingerprint density at radius 2 is 1.90 bits per heavy atom. The van der Waals surface area contributed by atoms with Gasteiger partial charge >= 0.3 is 5.97 Å². The first-order chi connectivity index (χ1) is 14.2. The van der Waals surface area contributed by atoms with E-state index in [2.05, 4.69) is 35.5 Å². The Hall–Kier alpha value is -2.82. The summed E-state index contributed by atoms with van der Waals surface area (Å²) in [7, 11) is 0. The fourth-order valence-corrected chi connectivity index (χ4v) is 3.97. The highest BCUT2D eigenvalue weighted by atomic mass is 16.6. The Morgan fingerprint density at radius 3 is 2.66 bits per heavy atom. The van der Waals surface area contributed by atoms with E-state index in [1.807, 2.05) is 18.2 Å². The third kappa shape index (κ3) is 6.93. The van der Waals surface area contributed by atoms with Crippen LogP contribution in [0, 0.1) is 5.92 Å². The van der Waals surface area contributed by atoms with Gasteiger partial charge in [-0.05, 0) is 42.0 Å². The van der Waals surface area contributed by atoms with Crippen molar-refractivity contribution in [1.82, 2.24) is 0 Å². The molecule has 1 fully saturated rings. The van der Waals surface area contributed by atoms with Gasteiger partial charge in [0.25, 0.3) is 0 Å². The number of ether oxygens (including phenoxy) is 1. The van der Waals surface area contributed by atoms with E-state index >= 15 is 0 Å². The predicted octanol–water partition coefficient (Wildman–Crippen LogP) is 5.06. The molecular formula is C24H29NO4. The molecular weight excluding hydrogens is 366 g/mol. The first-order valence-electron chi connectivity index (χ1n) is 10.3. The van der Waals surface area contributed by atoms with Crippen LogP contribution in [0.1, 0.15) is 49.1 Å². The number of carbonyl (C=O) groups is 1.